The first-order chi connectivity index (χ1) is 8.97. The van der Waals surface area contributed by atoms with Gasteiger partial charge < -0.3 is 26.7 Å². The number of nitrogens with zero attached hydrogens (tertiary/aromatic N) is 1. The molecule has 0 bridgehead atoms. The summed E-state index contributed by atoms with van der Waals surface area (Å²) in [6.45, 7) is 2.36. The van der Waals surface area contributed by atoms with Gasteiger partial charge in [0, 0.05) is 13.0 Å². The van der Waals surface area contributed by atoms with Crippen LogP contribution in [0.5, 0.6) is 0 Å². The van der Waals surface area contributed by atoms with Crippen molar-refractivity contribution in [2.24, 2.45) is 16.5 Å². The van der Waals surface area contributed by atoms with Gasteiger partial charge in [0.1, 0.15) is 0 Å². The van der Waals surface area contributed by atoms with Gasteiger partial charge in [-0.2, -0.15) is 0 Å². The standard InChI is InChI=1S/C12H24N4O3.Na/c1-2-3-4-7-10(17)16-9(11(18)19)6-5-8-15-12(13)14;/h9H,2-8H2,1H3,(H,16,17)(H,18,19)(H4,13,14,15);/q;+1/p-1/t9-;/m0./s1. The number of nitrogens with two attached hydrogens (primary N) is 2. The Morgan fingerprint density at radius 1 is 1.25 bits per heavy atom. The Labute approximate surface area is 141 Å². The Balaban J connectivity index is 0. The van der Waals surface area contributed by atoms with E-state index in [-0.39, 0.29) is 47.8 Å². The molecule has 7 nitrogen and oxygen atoms in total. The number of hydrogen-bond acceptors (Lipinski definition) is 4. The Bertz CT molecular complexity index is 320. The van der Waals surface area contributed by atoms with Crippen molar-refractivity contribution in [2.75, 3.05) is 6.54 Å². The topological polar surface area (TPSA) is 134 Å². The molecule has 110 valence electrons. The molecule has 8 heteroatoms. The van der Waals surface area contributed by atoms with E-state index in [0.29, 0.717) is 19.4 Å². The maximum absolute atomic E-state index is 11.5. The van der Waals surface area contributed by atoms with Gasteiger partial charge in [0.25, 0.3) is 0 Å². The van der Waals surface area contributed by atoms with E-state index in [9.17, 15) is 14.7 Å². The van der Waals surface area contributed by atoms with E-state index in [0.717, 1.165) is 19.3 Å². The molecular weight excluding hydrogens is 271 g/mol. The van der Waals surface area contributed by atoms with E-state index in [1.165, 1.54) is 0 Å². The monoisotopic (exact) mass is 294 g/mol. The number of guanidine groups is 1. The smallest absolute Gasteiger partial charge is 0.548 e. The van der Waals surface area contributed by atoms with Crippen LogP contribution >= 0.6 is 0 Å². The predicted octanol–water partition coefficient (Wildman–Crippen LogP) is -4.14. The minimum atomic E-state index is -1.28. The van der Waals surface area contributed by atoms with Gasteiger partial charge in [-0.25, -0.2) is 0 Å². The van der Waals surface area contributed by atoms with Gasteiger partial charge in [0.15, 0.2) is 5.96 Å². The van der Waals surface area contributed by atoms with Gasteiger partial charge in [-0.3, -0.25) is 9.79 Å². The maximum atomic E-state index is 11.5. The molecule has 0 spiro atoms. The van der Waals surface area contributed by atoms with Crippen molar-refractivity contribution in [3.63, 3.8) is 0 Å². The average Bonchev–Trinajstić information content (AvgIpc) is 2.32. The number of aliphatic imine (C=N–C) groups is 1. The molecule has 0 unspecified atom stereocenters. The summed E-state index contributed by atoms with van der Waals surface area (Å²) < 4.78 is 0. The maximum Gasteiger partial charge on any atom is 1.00 e. The van der Waals surface area contributed by atoms with Gasteiger partial charge >= 0.3 is 29.6 Å². The summed E-state index contributed by atoms with van der Waals surface area (Å²) in [6, 6.07) is -0.983. The van der Waals surface area contributed by atoms with Crippen LogP contribution in [0.15, 0.2) is 4.99 Å². The van der Waals surface area contributed by atoms with Crippen molar-refractivity contribution < 1.29 is 44.3 Å². The number of rotatable bonds is 10. The van der Waals surface area contributed by atoms with E-state index in [4.69, 9.17) is 11.5 Å². The van der Waals surface area contributed by atoms with Gasteiger partial charge in [0.05, 0.1) is 12.0 Å². The molecule has 0 aromatic heterocycles. The molecule has 0 radical (unpaired) electrons. The molecule has 0 heterocycles. The molecule has 1 atom stereocenters. The Hall–Kier alpha value is -0.790. The van der Waals surface area contributed by atoms with Crippen LogP contribution in [0.25, 0.3) is 0 Å². The molecular formula is C12H23N4NaO3. The van der Waals surface area contributed by atoms with Gasteiger partial charge in [-0.15, -0.1) is 0 Å². The van der Waals surface area contributed by atoms with Crippen molar-refractivity contribution in [1.82, 2.24) is 5.32 Å². The summed E-state index contributed by atoms with van der Waals surface area (Å²) in [5.74, 6) is -1.58. The first kappa shape index (κ1) is 21.5. The molecule has 0 rings (SSSR count). The van der Waals surface area contributed by atoms with Crippen LogP contribution in [0.2, 0.25) is 0 Å². The minimum absolute atomic E-state index is 0. The number of carboxylic acids is 1. The van der Waals surface area contributed by atoms with Gasteiger partial charge in [-0.05, 0) is 19.3 Å². The molecule has 0 saturated heterocycles. The number of carbonyl (C=O) groups excluding carboxylic acids is 2. The average molecular weight is 294 g/mol. The van der Waals surface area contributed by atoms with Crippen LogP contribution < -0.4 is 51.4 Å². The zero-order chi connectivity index (χ0) is 14.7. The Kier molecular flexibility index (Phi) is 14.2. The van der Waals surface area contributed by atoms with Gasteiger partial charge in [0.2, 0.25) is 5.91 Å². The molecule has 0 aliphatic heterocycles. The second kappa shape index (κ2) is 13.2. The summed E-state index contributed by atoms with van der Waals surface area (Å²) >= 11 is 0. The van der Waals surface area contributed by atoms with Crippen molar-refractivity contribution in [2.45, 2.75) is 51.5 Å². The van der Waals surface area contributed by atoms with Crippen molar-refractivity contribution in [1.29, 1.82) is 0 Å². The predicted molar refractivity (Wildman–Crippen MR) is 71.0 cm³/mol. The molecule has 5 N–H and O–H groups in total. The normalized spacial score (nSPS) is 11.1. The fourth-order valence-electron chi connectivity index (χ4n) is 1.55. The number of carbonyl (C=O) groups is 2. The van der Waals surface area contributed by atoms with E-state index >= 15 is 0 Å². The summed E-state index contributed by atoms with van der Waals surface area (Å²) in [5, 5.41) is 13.3. The second-order valence-corrected chi connectivity index (χ2v) is 4.35. The molecule has 0 fully saturated rings. The van der Waals surface area contributed by atoms with Gasteiger partial charge in [-0.1, -0.05) is 19.8 Å². The number of nitrogens with one attached hydrogen (secondary N) is 1. The van der Waals surface area contributed by atoms with E-state index in [1.54, 1.807) is 0 Å². The molecule has 0 aromatic carbocycles. The van der Waals surface area contributed by atoms with Crippen LogP contribution in [0.1, 0.15) is 45.4 Å². The fraction of sp³-hybridized carbons (Fsp3) is 0.750. The fourth-order valence-corrected chi connectivity index (χ4v) is 1.55. The summed E-state index contributed by atoms with van der Waals surface area (Å²) in [5.41, 5.74) is 10.3. The Morgan fingerprint density at radius 2 is 1.90 bits per heavy atom. The number of aliphatic carboxylic acids is 1. The summed E-state index contributed by atoms with van der Waals surface area (Å²) in [7, 11) is 0. The first-order valence-electron chi connectivity index (χ1n) is 6.53. The third-order valence-electron chi connectivity index (χ3n) is 2.57. The first-order valence-corrected chi connectivity index (χ1v) is 6.53. The zero-order valence-electron chi connectivity index (χ0n) is 12.4. The number of amides is 1. The quantitative estimate of drug-likeness (QED) is 0.163. The van der Waals surface area contributed by atoms with Crippen molar-refractivity contribution in [3.05, 3.63) is 0 Å². The zero-order valence-corrected chi connectivity index (χ0v) is 14.4. The van der Waals surface area contributed by atoms with Crippen LogP contribution in [0.3, 0.4) is 0 Å². The van der Waals surface area contributed by atoms with E-state index in [2.05, 4.69) is 10.3 Å². The van der Waals surface area contributed by atoms with Crippen LogP contribution in [0, 0.1) is 0 Å². The molecule has 0 aliphatic rings. The molecule has 0 aromatic rings. The molecule has 1 amide bonds. The third-order valence-corrected chi connectivity index (χ3v) is 2.57. The van der Waals surface area contributed by atoms with Crippen LogP contribution in [0.4, 0.5) is 0 Å². The van der Waals surface area contributed by atoms with Crippen LogP contribution in [-0.2, 0) is 9.59 Å². The molecule has 0 aliphatic carbocycles. The van der Waals surface area contributed by atoms with E-state index < -0.39 is 12.0 Å². The molecule has 20 heavy (non-hydrogen) atoms. The largest absolute Gasteiger partial charge is 1.00 e. The second-order valence-electron chi connectivity index (χ2n) is 4.35. The molecule has 0 saturated carbocycles. The summed E-state index contributed by atoms with van der Waals surface area (Å²) in [6.07, 6.45) is 3.77. The number of hydrogen-bond donors (Lipinski definition) is 3. The van der Waals surface area contributed by atoms with Crippen molar-refractivity contribution in [3.8, 4) is 0 Å². The van der Waals surface area contributed by atoms with Crippen LogP contribution in [-0.4, -0.2) is 30.4 Å². The SMILES string of the molecule is CCCCCC(=O)N[C@@H](CCCN=C(N)N)C(=O)[O-].[Na+]. The Morgan fingerprint density at radius 3 is 2.40 bits per heavy atom. The van der Waals surface area contributed by atoms with Crippen molar-refractivity contribution >= 4 is 17.8 Å². The van der Waals surface area contributed by atoms with E-state index in [1.807, 2.05) is 6.92 Å². The number of unbranched alkanes of at least 4 members (excludes halogenated alkanes) is 2. The number of carboxylic acid groups (broad SMARTS) is 1. The minimum Gasteiger partial charge on any atom is -0.548 e. The summed E-state index contributed by atoms with van der Waals surface area (Å²) in [4.78, 5) is 26.1. The third kappa shape index (κ3) is 12.3.